The molecule has 0 fully saturated rings. The number of nitrogens with one attached hydrogen (secondary N) is 1. The minimum Gasteiger partial charge on any atom is -0.459 e. The van der Waals surface area contributed by atoms with Crippen LogP contribution in [0.4, 0.5) is 0 Å². The molecule has 0 aliphatic heterocycles. The average Bonchev–Trinajstić information content (AvgIpc) is 2.91. The molecule has 1 unspecified atom stereocenters. The number of aromatic nitrogens is 1. The highest BCUT2D eigenvalue weighted by atomic mass is 16.3. The van der Waals surface area contributed by atoms with Gasteiger partial charge < -0.3 is 9.73 Å². The lowest BCUT2D eigenvalue weighted by atomic mass is 10.0. The van der Waals surface area contributed by atoms with Gasteiger partial charge >= 0.3 is 0 Å². The van der Waals surface area contributed by atoms with Crippen molar-refractivity contribution in [2.75, 3.05) is 6.54 Å². The van der Waals surface area contributed by atoms with E-state index in [9.17, 15) is 0 Å². The Morgan fingerprint density at radius 1 is 1.19 bits per heavy atom. The Kier molecular flexibility index (Phi) is 4.02. The predicted octanol–water partition coefficient (Wildman–Crippen LogP) is 4.23. The summed E-state index contributed by atoms with van der Waals surface area (Å²) in [5, 5.41) is 4.69. The Balaban J connectivity index is 2.02. The van der Waals surface area contributed by atoms with Crippen LogP contribution in [0.1, 0.15) is 36.3 Å². The molecule has 0 saturated carbocycles. The monoisotopic (exact) mass is 280 g/mol. The fourth-order valence-corrected chi connectivity index (χ4v) is 2.55. The van der Waals surface area contributed by atoms with Crippen LogP contribution in [0, 0.1) is 6.92 Å². The van der Waals surface area contributed by atoms with Crippen LogP contribution in [-0.2, 0) is 0 Å². The van der Waals surface area contributed by atoms with E-state index in [0.717, 1.165) is 40.8 Å². The number of hydrogen-bond acceptors (Lipinski definition) is 3. The molecule has 0 aliphatic rings. The molecule has 21 heavy (non-hydrogen) atoms. The number of nitrogens with zero attached hydrogens (tertiary/aromatic N) is 1. The van der Waals surface area contributed by atoms with Crippen LogP contribution >= 0.6 is 0 Å². The number of benzene rings is 1. The molecule has 3 aromatic rings. The SMILES string of the molecule is CCCNC(c1cncc(C)c1)c1cc2ccccc2o1. The van der Waals surface area contributed by atoms with Crippen LogP contribution in [0.2, 0.25) is 0 Å². The molecule has 0 saturated heterocycles. The molecule has 3 rings (SSSR count). The lowest BCUT2D eigenvalue weighted by molar-refractivity contribution is 0.469. The summed E-state index contributed by atoms with van der Waals surface area (Å²) in [6.07, 6.45) is 4.86. The number of rotatable bonds is 5. The molecule has 3 heteroatoms. The van der Waals surface area contributed by atoms with Crippen LogP contribution < -0.4 is 5.32 Å². The number of fused-ring (bicyclic) bond motifs is 1. The maximum atomic E-state index is 6.03. The number of furan rings is 1. The van der Waals surface area contributed by atoms with Crippen LogP contribution in [0.5, 0.6) is 0 Å². The maximum Gasteiger partial charge on any atom is 0.134 e. The van der Waals surface area contributed by atoms with Crippen LogP contribution in [-0.4, -0.2) is 11.5 Å². The second kappa shape index (κ2) is 6.10. The summed E-state index contributed by atoms with van der Waals surface area (Å²) >= 11 is 0. The molecule has 0 radical (unpaired) electrons. The summed E-state index contributed by atoms with van der Waals surface area (Å²) in [6.45, 7) is 5.17. The molecule has 1 aromatic carbocycles. The third-order valence-electron chi connectivity index (χ3n) is 3.56. The molecule has 0 spiro atoms. The number of aryl methyl sites for hydroxylation is 1. The predicted molar refractivity (Wildman–Crippen MR) is 85.3 cm³/mol. The van der Waals surface area contributed by atoms with Gasteiger partial charge in [-0.3, -0.25) is 4.98 Å². The molecular weight excluding hydrogens is 260 g/mol. The fourth-order valence-electron chi connectivity index (χ4n) is 2.55. The van der Waals surface area contributed by atoms with Gasteiger partial charge in [0, 0.05) is 17.8 Å². The highest BCUT2D eigenvalue weighted by Gasteiger charge is 2.18. The molecule has 2 heterocycles. The van der Waals surface area contributed by atoms with Gasteiger partial charge in [-0.15, -0.1) is 0 Å². The van der Waals surface area contributed by atoms with E-state index in [4.69, 9.17) is 4.42 Å². The zero-order chi connectivity index (χ0) is 14.7. The fraction of sp³-hybridized carbons (Fsp3) is 0.278. The summed E-state index contributed by atoms with van der Waals surface area (Å²) < 4.78 is 6.03. The Labute approximate surface area is 125 Å². The van der Waals surface area contributed by atoms with Crippen molar-refractivity contribution in [1.29, 1.82) is 0 Å². The molecular formula is C18H20N2O. The topological polar surface area (TPSA) is 38.1 Å². The normalized spacial score (nSPS) is 12.7. The second-order valence-corrected chi connectivity index (χ2v) is 5.37. The van der Waals surface area contributed by atoms with Crippen LogP contribution in [0.15, 0.2) is 53.2 Å². The van der Waals surface area contributed by atoms with Gasteiger partial charge in [0.25, 0.3) is 0 Å². The van der Waals surface area contributed by atoms with Crippen LogP contribution in [0.3, 0.4) is 0 Å². The first-order chi connectivity index (χ1) is 10.3. The van der Waals surface area contributed by atoms with Gasteiger partial charge in [-0.25, -0.2) is 0 Å². The van der Waals surface area contributed by atoms with Crippen molar-refractivity contribution in [2.24, 2.45) is 0 Å². The van der Waals surface area contributed by atoms with Gasteiger partial charge in [-0.05, 0) is 43.1 Å². The summed E-state index contributed by atoms with van der Waals surface area (Å²) in [6, 6.07) is 12.4. The van der Waals surface area contributed by atoms with E-state index < -0.39 is 0 Å². The Bertz CT molecular complexity index is 700. The van der Waals surface area contributed by atoms with E-state index in [0.29, 0.717) is 0 Å². The van der Waals surface area contributed by atoms with Gasteiger partial charge in [-0.1, -0.05) is 31.2 Å². The maximum absolute atomic E-state index is 6.03. The standard InChI is InChI=1S/C18H20N2O/c1-3-8-20-18(15-9-13(2)11-19-12-15)17-10-14-6-4-5-7-16(14)21-17/h4-7,9-12,18,20H,3,8H2,1-2H3. The molecule has 2 aromatic heterocycles. The zero-order valence-electron chi connectivity index (χ0n) is 12.5. The third kappa shape index (κ3) is 2.98. The van der Waals surface area contributed by atoms with Crippen molar-refractivity contribution in [3.05, 3.63) is 65.7 Å². The molecule has 0 bridgehead atoms. The minimum absolute atomic E-state index is 0.0461. The minimum atomic E-state index is 0.0461. The van der Waals surface area contributed by atoms with E-state index in [1.54, 1.807) is 0 Å². The van der Waals surface area contributed by atoms with Crippen molar-refractivity contribution in [2.45, 2.75) is 26.3 Å². The highest BCUT2D eigenvalue weighted by Crippen LogP contribution is 2.28. The summed E-state index contributed by atoms with van der Waals surface area (Å²) in [7, 11) is 0. The summed E-state index contributed by atoms with van der Waals surface area (Å²) in [5.74, 6) is 0.942. The summed E-state index contributed by atoms with van der Waals surface area (Å²) in [4.78, 5) is 4.31. The van der Waals surface area contributed by atoms with E-state index >= 15 is 0 Å². The van der Waals surface area contributed by atoms with Gasteiger partial charge in [0.15, 0.2) is 0 Å². The van der Waals surface area contributed by atoms with Crippen molar-refractivity contribution in [1.82, 2.24) is 10.3 Å². The first kappa shape index (κ1) is 13.8. The van der Waals surface area contributed by atoms with Crippen LogP contribution in [0.25, 0.3) is 11.0 Å². The average molecular weight is 280 g/mol. The molecule has 3 nitrogen and oxygen atoms in total. The van der Waals surface area contributed by atoms with Crippen molar-refractivity contribution in [3.63, 3.8) is 0 Å². The van der Waals surface area contributed by atoms with Crippen molar-refractivity contribution < 1.29 is 4.42 Å². The lowest BCUT2D eigenvalue weighted by Crippen LogP contribution is -2.23. The second-order valence-electron chi connectivity index (χ2n) is 5.37. The molecule has 0 aliphatic carbocycles. The highest BCUT2D eigenvalue weighted by molar-refractivity contribution is 5.77. The molecule has 1 N–H and O–H groups in total. The lowest BCUT2D eigenvalue weighted by Gasteiger charge is -2.16. The first-order valence-electron chi connectivity index (χ1n) is 7.41. The van der Waals surface area contributed by atoms with Crippen molar-refractivity contribution >= 4 is 11.0 Å². The first-order valence-corrected chi connectivity index (χ1v) is 7.41. The Hall–Kier alpha value is -2.13. The van der Waals surface area contributed by atoms with Gasteiger partial charge in [-0.2, -0.15) is 0 Å². The van der Waals surface area contributed by atoms with Crippen molar-refractivity contribution in [3.8, 4) is 0 Å². The largest absolute Gasteiger partial charge is 0.459 e. The van der Waals surface area contributed by atoms with E-state index in [1.807, 2.05) is 30.6 Å². The van der Waals surface area contributed by atoms with E-state index in [-0.39, 0.29) is 6.04 Å². The number of pyridine rings is 1. The van der Waals surface area contributed by atoms with Gasteiger partial charge in [0.1, 0.15) is 11.3 Å². The van der Waals surface area contributed by atoms with E-state index in [2.05, 4.69) is 42.3 Å². The molecule has 1 atom stereocenters. The smallest absolute Gasteiger partial charge is 0.134 e. The summed E-state index contributed by atoms with van der Waals surface area (Å²) in [5.41, 5.74) is 3.23. The molecule has 0 amide bonds. The third-order valence-corrected chi connectivity index (χ3v) is 3.56. The van der Waals surface area contributed by atoms with Gasteiger partial charge in [0.05, 0.1) is 6.04 Å². The Morgan fingerprint density at radius 2 is 2.05 bits per heavy atom. The number of para-hydroxylation sites is 1. The van der Waals surface area contributed by atoms with Gasteiger partial charge in [0.2, 0.25) is 0 Å². The zero-order valence-corrected chi connectivity index (χ0v) is 12.5. The van der Waals surface area contributed by atoms with E-state index in [1.165, 1.54) is 0 Å². The molecule has 108 valence electrons. The Morgan fingerprint density at radius 3 is 2.81 bits per heavy atom. The number of hydrogen-bond donors (Lipinski definition) is 1. The quantitative estimate of drug-likeness (QED) is 0.760.